The van der Waals surface area contributed by atoms with Crippen LogP contribution in [0.4, 0.5) is 11.5 Å². The highest BCUT2D eigenvalue weighted by Gasteiger charge is 2.37. The van der Waals surface area contributed by atoms with Crippen LogP contribution in [0.5, 0.6) is 0 Å². The van der Waals surface area contributed by atoms with Gasteiger partial charge in [0.05, 0.1) is 11.6 Å². The third kappa shape index (κ3) is 3.91. The first-order chi connectivity index (χ1) is 12.7. The number of fused-ring (bicyclic) bond motifs is 1. The van der Waals surface area contributed by atoms with Crippen LogP contribution in [0.15, 0.2) is 45.9 Å². The quantitative estimate of drug-likeness (QED) is 0.531. The van der Waals surface area contributed by atoms with Gasteiger partial charge in [-0.25, -0.2) is 13.4 Å². The minimum atomic E-state index is -3.97. The zero-order valence-corrected chi connectivity index (χ0v) is 16.1. The molecule has 0 spiro atoms. The summed E-state index contributed by atoms with van der Waals surface area (Å²) < 4.78 is 27.4. The van der Waals surface area contributed by atoms with Gasteiger partial charge in [-0.1, -0.05) is 12.1 Å². The number of sulfonamides is 1. The molecule has 0 atom stereocenters. The second kappa shape index (κ2) is 7.21. The van der Waals surface area contributed by atoms with Crippen molar-refractivity contribution in [2.45, 2.75) is 11.4 Å². The molecule has 0 saturated carbocycles. The molecule has 0 bridgehead atoms. The van der Waals surface area contributed by atoms with Gasteiger partial charge in [0.1, 0.15) is 17.3 Å². The Morgan fingerprint density at radius 2 is 2.11 bits per heavy atom. The lowest BCUT2D eigenvalue weighted by Gasteiger charge is -2.35. The maximum absolute atomic E-state index is 13.0. The number of aromatic nitrogens is 1. The molecule has 0 unspecified atom stereocenters. The van der Waals surface area contributed by atoms with Gasteiger partial charge in [0.15, 0.2) is 0 Å². The number of rotatable bonds is 5. The topological polar surface area (TPSA) is 134 Å². The molecule has 0 amide bonds. The Balaban J connectivity index is 2.02. The third-order valence-corrected chi connectivity index (χ3v) is 6.07. The summed E-state index contributed by atoms with van der Waals surface area (Å²) >= 11 is 3.17. The number of aliphatic carboxylic acids is 1. The lowest BCUT2D eigenvalue weighted by molar-refractivity contribution is -0.384. The zero-order chi connectivity index (χ0) is 19.8. The van der Waals surface area contributed by atoms with Crippen LogP contribution in [-0.2, 0) is 21.4 Å². The van der Waals surface area contributed by atoms with Gasteiger partial charge in [0.25, 0.3) is 5.69 Å². The molecule has 3 rings (SSSR count). The number of anilines is 1. The molecule has 0 saturated heterocycles. The highest BCUT2D eigenvalue weighted by molar-refractivity contribution is 9.10. The van der Waals surface area contributed by atoms with Gasteiger partial charge >= 0.3 is 5.97 Å². The SMILES string of the molecule is O=C(O)CN1CN(Cc2cccc([N+](=O)[O-])c2)S(=O)(=O)c2cc(Br)cnc21. The smallest absolute Gasteiger partial charge is 0.323 e. The van der Waals surface area contributed by atoms with E-state index in [9.17, 15) is 23.3 Å². The second-order valence-electron chi connectivity index (χ2n) is 5.75. The number of hydrogen-bond acceptors (Lipinski definition) is 7. The predicted molar refractivity (Wildman–Crippen MR) is 97.6 cm³/mol. The summed E-state index contributed by atoms with van der Waals surface area (Å²) in [5.41, 5.74) is 0.253. The van der Waals surface area contributed by atoms with Crippen molar-refractivity contribution in [3.8, 4) is 0 Å². The number of benzene rings is 1. The first-order valence-corrected chi connectivity index (χ1v) is 9.77. The van der Waals surface area contributed by atoms with Crippen molar-refractivity contribution in [1.82, 2.24) is 9.29 Å². The van der Waals surface area contributed by atoms with Crippen molar-refractivity contribution in [1.29, 1.82) is 0 Å². The van der Waals surface area contributed by atoms with E-state index in [4.69, 9.17) is 5.11 Å². The molecule has 142 valence electrons. The molecule has 0 aliphatic carbocycles. The highest BCUT2D eigenvalue weighted by Crippen LogP contribution is 2.34. The van der Waals surface area contributed by atoms with Gasteiger partial charge in [0.2, 0.25) is 10.0 Å². The number of carboxylic acids is 1. The maximum atomic E-state index is 13.0. The Bertz CT molecular complexity index is 1030. The summed E-state index contributed by atoms with van der Waals surface area (Å²) in [6.45, 7) is -0.826. The van der Waals surface area contributed by atoms with Crippen LogP contribution in [0.3, 0.4) is 0 Å². The van der Waals surface area contributed by atoms with Crippen molar-refractivity contribution >= 4 is 43.4 Å². The largest absolute Gasteiger partial charge is 0.480 e. The van der Waals surface area contributed by atoms with Crippen LogP contribution in [0, 0.1) is 10.1 Å². The fourth-order valence-corrected chi connectivity index (χ4v) is 4.77. The standard InChI is InChI=1S/C15H13BrN4O6S/c16-11-5-13-15(17-6-11)18(8-14(21)22)9-19(27(13,25)26)7-10-2-1-3-12(4-10)20(23)24/h1-6H,7-9H2,(H,21,22). The average molecular weight is 457 g/mol. The van der Waals surface area contributed by atoms with Crippen LogP contribution in [0.2, 0.25) is 0 Å². The van der Waals surface area contributed by atoms with Crippen LogP contribution in [0.25, 0.3) is 0 Å². The molecule has 1 aromatic carbocycles. The summed E-state index contributed by atoms with van der Waals surface area (Å²) in [4.78, 5) is 26.8. The van der Waals surface area contributed by atoms with Crippen molar-refractivity contribution in [3.05, 3.63) is 56.7 Å². The Labute approximate surface area is 162 Å². The summed E-state index contributed by atoms with van der Waals surface area (Å²) in [5, 5.41) is 20.1. The highest BCUT2D eigenvalue weighted by atomic mass is 79.9. The number of carbonyl (C=O) groups is 1. The fourth-order valence-electron chi connectivity index (χ4n) is 2.71. The van der Waals surface area contributed by atoms with Crippen molar-refractivity contribution in [2.75, 3.05) is 18.1 Å². The van der Waals surface area contributed by atoms with Crippen LogP contribution in [-0.4, -0.2) is 46.9 Å². The monoisotopic (exact) mass is 456 g/mol. The van der Waals surface area contributed by atoms with Gasteiger partial charge in [-0.05, 0) is 27.6 Å². The number of halogens is 1. The summed E-state index contributed by atoms with van der Waals surface area (Å²) in [5.74, 6) is -1.09. The average Bonchev–Trinajstić information content (AvgIpc) is 2.59. The molecule has 27 heavy (non-hydrogen) atoms. The molecule has 1 aromatic heterocycles. The summed E-state index contributed by atoms with van der Waals surface area (Å²) in [6, 6.07) is 6.98. The minimum absolute atomic E-state index is 0.0518. The van der Waals surface area contributed by atoms with Crippen LogP contribution in [0.1, 0.15) is 5.56 Å². The summed E-state index contributed by atoms with van der Waals surface area (Å²) in [7, 11) is -3.97. The normalized spacial score (nSPS) is 16.0. The van der Waals surface area contributed by atoms with Crippen LogP contribution < -0.4 is 4.90 Å². The van der Waals surface area contributed by atoms with E-state index in [0.29, 0.717) is 10.0 Å². The number of non-ortho nitro benzene ring substituents is 1. The Morgan fingerprint density at radius 3 is 2.78 bits per heavy atom. The van der Waals surface area contributed by atoms with E-state index in [0.717, 1.165) is 4.31 Å². The molecule has 2 heterocycles. The number of hydrogen-bond donors (Lipinski definition) is 1. The van der Waals surface area contributed by atoms with E-state index in [1.807, 2.05) is 0 Å². The molecular formula is C15H13BrN4O6S. The minimum Gasteiger partial charge on any atom is -0.480 e. The van der Waals surface area contributed by atoms with Gasteiger partial charge in [-0.2, -0.15) is 4.31 Å². The number of nitrogens with zero attached hydrogens (tertiary/aromatic N) is 4. The first-order valence-electron chi connectivity index (χ1n) is 7.54. The molecule has 1 aliphatic heterocycles. The summed E-state index contributed by atoms with van der Waals surface area (Å²) in [6.07, 6.45) is 1.39. The number of nitro benzene ring substituents is 1. The van der Waals surface area contributed by atoms with Crippen molar-refractivity contribution < 1.29 is 23.2 Å². The molecule has 0 fully saturated rings. The fraction of sp³-hybridized carbons (Fsp3) is 0.200. The molecule has 1 aliphatic rings. The Hall–Kier alpha value is -2.57. The van der Waals surface area contributed by atoms with Gasteiger partial charge in [-0.15, -0.1) is 0 Å². The van der Waals surface area contributed by atoms with E-state index in [-0.39, 0.29) is 29.6 Å². The zero-order valence-electron chi connectivity index (χ0n) is 13.6. The first kappa shape index (κ1) is 19.2. The van der Waals surface area contributed by atoms with Crippen molar-refractivity contribution in [3.63, 3.8) is 0 Å². The van der Waals surface area contributed by atoms with E-state index in [1.165, 1.54) is 35.4 Å². The van der Waals surface area contributed by atoms with Crippen molar-refractivity contribution in [2.24, 2.45) is 0 Å². The Morgan fingerprint density at radius 1 is 1.37 bits per heavy atom. The lowest BCUT2D eigenvalue weighted by Crippen LogP contribution is -2.48. The number of nitro groups is 1. The van der Waals surface area contributed by atoms with E-state index in [1.54, 1.807) is 6.07 Å². The Kier molecular flexibility index (Phi) is 5.13. The molecule has 12 heteroatoms. The molecule has 1 N–H and O–H groups in total. The maximum Gasteiger partial charge on any atom is 0.323 e. The number of carboxylic acid groups (broad SMARTS) is 1. The molecular weight excluding hydrogens is 444 g/mol. The van der Waals surface area contributed by atoms with Gasteiger partial charge in [0, 0.05) is 29.3 Å². The third-order valence-electron chi connectivity index (χ3n) is 3.85. The van der Waals surface area contributed by atoms with E-state index < -0.39 is 27.5 Å². The van der Waals surface area contributed by atoms with Crippen LogP contribution >= 0.6 is 15.9 Å². The lowest BCUT2D eigenvalue weighted by atomic mass is 10.2. The van der Waals surface area contributed by atoms with E-state index in [2.05, 4.69) is 20.9 Å². The second-order valence-corrected chi connectivity index (χ2v) is 8.57. The van der Waals surface area contributed by atoms with Gasteiger partial charge < -0.3 is 10.0 Å². The van der Waals surface area contributed by atoms with E-state index >= 15 is 0 Å². The van der Waals surface area contributed by atoms with Gasteiger partial charge in [-0.3, -0.25) is 14.9 Å². The molecule has 2 aromatic rings. The molecule has 10 nitrogen and oxygen atoms in total. The predicted octanol–water partition coefficient (Wildman–Crippen LogP) is 1.81. The molecule has 0 radical (unpaired) electrons. The number of pyridine rings is 1.